The summed E-state index contributed by atoms with van der Waals surface area (Å²) in [6, 6.07) is 1.34. The van der Waals surface area contributed by atoms with Crippen LogP contribution in [0, 0.1) is 0 Å². The molecular formula is C6H6Cl2N2O2S. The van der Waals surface area contributed by atoms with Crippen LogP contribution in [0.25, 0.3) is 0 Å². The maximum Gasteiger partial charge on any atom is 0.154 e. The van der Waals surface area contributed by atoms with Gasteiger partial charge < -0.3 is 0 Å². The molecule has 0 aliphatic carbocycles. The first kappa shape index (κ1) is 10.7. The van der Waals surface area contributed by atoms with Gasteiger partial charge in [-0.25, -0.2) is 18.4 Å². The molecule has 13 heavy (non-hydrogen) atoms. The number of hydrogen-bond acceptors (Lipinski definition) is 4. The van der Waals surface area contributed by atoms with E-state index in [2.05, 4.69) is 9.97 Å². The van der Waals surface area contributed by atoms with Crippen LogP contribution in [0.3, 0.4) is 0 Å². The summed E-state index contributed by atoms with van der Waals surface area (Å²) >= 11 is 11.1. The average molecular weight is 241 g/mol. The Kier molecular flexibility index (Phi) is 3.10. The molecule has 0 saturated carbocycles. The minimum absolute atomic E-state index is 0.111. The number of halogens is 2. The fourth-order valence-corrected chi connectivity index (χ4v) is 1.79. The fraction of sp³-hybridized carbons (Fsp3) is 0.333. The molecule has 0 spiro atoms. The van der Waals surface area contributed by atoms with Crippen molar-refractivity contribution in [3.63, 3.8) is 0 Å². The van der Waals surface area contributed by atoms with Crippen LogP contribution in [0.4, 0.5) is 0 Å². The Morgan fingerprint density at radius 2 is 1.77 bits per heavy atom. The van der Waals surface area contributed by atoms with E-state index in [0.717, 1.165) is 6.26 Å². The standard InChI is InChI=1S/C6H6Cl2N2O2S/c1-13(11,12)3-6-9-4(7)2-5(8)10-6/h2H,3H2,1H3. The first-order valence-electron chi connectivity index (χ1n) is 3.23. The molecule has 7 heteroatoms. The van der Waals surface area contributed by atoms with Gasteiger partial charge >= 0.3 is 0 Å². The summed E-state index contributed by atoms with van der Waals surface area (Å²) in [6.07, 6.45) is 1.09. The third-order valence-electron chi connectivity index (χ3n) is 1.10. The lowest BCUT2D eigenvalue weighted by Gasteiger charge is -1.98. The van der Waals surface area contributed by atoms with Crippen LogP contribution in [-0.2, 0) is 15.6 Å². The van der Waals surface area contributed by atoms with Gasteiger partial charge in [0.2, 0.25) is 0 Å². The van der Waals surface area contributed by atoms with E-state index in [-0.39, 0.29) is 21.9 Å². The molecule has 1 aromatic heterocycles. The molecule has 0 N–H and O–H groups in total. The molecule has 0 atom stereocenters. The zero-order valence-corrected chi connectivity index (χ0v) is 8.99. The van der Waals surface area contributed by atoms with Crippen LogP contribution in [0.1, 0.15) is 5.82 Å². The smallest absolute Gasteiger partial charge is 0.154 e. The van der Waals surface area contributed by atoms with Crippen molar-refractivity contribution in [3.05, 3.63) is 22.2 Å². The molecule has 4 nitrogen and oxygen atoms in total. The van der Waals surface area contributed by atoms with Crippen LogP contribution in [0.15, 0.2) is 6.07 Å². The Bertz CT molecular complexity index is 398. The van der Waals surface area contributed by atoms with Crippen molar-refractivity contribution >= 4 is 33.0 Å². The van der Waals surface area contributed by atoms with Crippen LogP contribution < -0.4 is 0 Å². The van der Waals surface area contributed by atoms with Crippen LogP contribution in [0.5, 0.6) is 0 Å². The highest BCUT2D eigenvalue weighted by atomic mass is 35.5. The van der Waals surface area contributed by atoms with Crippen molar-refractivity contribution in [2.45, 2.75) is 5.75 Å². The third kappa shape index (κ3) is 3.89. The SMILES string of the molecule is CS(=O)(=O)Cc1nc(Cl)cc(Cl)n1. The highest BCUT2D eigenvalue weighted by molar-refractivity contribution is 7.89. The summed E-state index contributed by atoms with van der Waals surface area (Å²) in [5, 5.41) is 0.275. The van der Waals surface area contributed by atoms with Crippen molar-refractivity contribution < 1.29 is 8.42 Å². The largest absolute Gasteiger partial charge is 0.229 e. The lowest BCUT2D eigenvalue weighted by atomic mass is 10.6. The number of nitrogens with zero attached hydrogens (tertiary/aromatic N) is 2. The zero-order chi connectivity index (χ0) is 10.1. The van der Waals surface area contributed by atoms with Gasteiger partial charge in [0.05, 0.1) is 0 Å². The number of rotatable bonds is 2. The average Bonchev–Trinajstić information content (AvgIpc) is 1.78. The minimum atomic E-state index is -3.15. The van der Waals surface area contributed by atoms with Gasteiger partial charge in [0, 0.05) is 12.3 Å². The summed E-state index contributed by atoms with van der Waals surface area (Å²) in [6.45, 7) is 0. The second-order valence-corrected chi connectivity index (χ2v) is 5.41. The van der Waals surface area contributed by atoms with Gasteiger partial charge in [-0.15, -0.1) is 0 Å². The summed E-state index contributed by atoms with van der Waals surface area (Å²) in [5.74, 6) is -0.146. The second-order valence-electron chi connectivity index (χ2n) is 2.50. The predicted octanol–water partition coefficient (Wildman–Crippen LogP) is 1.33. The first-order valence-corrected chi connectivity index (χ1v) is 6.05. The quantitative estimate of drug-likeness (QED) is 0.733. The monoisotopic (exact) mass is 240 g/mol. The Morgan fingerprint density at radius 1 is 1.31 bits per heavy atom. The van der Waals surface area contributed by atoms with E-state index in [1.54, 1.807) is 0 Å². The lowest BCUT2D eigenvalue weighted by Crippen LogP contribution is -2.05. The topological polar surface area (TPSA) is 59.9 Å². The second kappa shape index (κ2) is 3.77. The fourth-order valence-electron chi connectivity index (χ4n) is 0.733. The minimum Gasteiger partial charge on any atom is -0.229 e. The highest BCUT2D eigenvalue weighted by Gasteiger charge is 2.08. The number of hydrogen-bond donors (Lipinski definition) is 0. The Hall–Kier alpha value is -0.390. The molecule has 1 heterocycles. The Morgan fingerprint density at radius 3 is 2.15 bits per heavy atom. The van der Waals surface area contributed by atoms with E-state index in [1.807, 2.05) is 0 Å². The normalized spacial score (nSPS) is 11.6. The van der Waals surface area contributed by atoms with Gasteiger partial charge in [-0.05, 0) is 0 Å². The van der Waals surface area contributed by atoms with Gasteiger partial charge in [0.15, 0.2) is 9.84 Å². The van der Waals surface area contributed by atoms with Crippen LogP contribution >= 0.6 is 23.2 Å². The van der Waals surface area contributed by atoms with Crippen molar-refractivity contribution in [1.82, 2.24) is 9.97 Å². The highest BCUT2D eigenvalue weighted by Crippen LogP contribution is 2.12. The van der Waals surface area contributed by atoms with E-state index in [1.165, 1.54) is 6.07 Å². The molecule has 0 aromatic carbocycles. The van der Waals surface area contributed by atoms with Gasteiger partial charge in [-0.3, -0.25) is 0 Å². The Labute approximate surface area is 85.8 Å². The summed E-state index contributed by atoms with van der Waals surface area (Å²) in [7, 11) is -3.15. The molecule has 72 valence electrons. The third-order valence-corrected chi connectivity index (χ3v) is 2.27. The molecule has 0 saturated heterocycles. The van der Waals surface area contributed by atoms with Gasteiger partial charge in [-0.2, -0.15) is 0 Å². The zero-order valence-electron chi connectivity index (χ0n) is 6.66. The summed E-state index contributed by atoms with van der Waals surface area (Å²) < 4.78 is 21.7. The summed E-state index contributed by atoms with van der Waals surface area (Å²) in [4.78, 5) is 7.42. The van der Waals surface area contributed by atoms with Crippen molar-refractivity contribution in [2.24, 2.45) is 0 Å². The van der Waals surface area contributed by atoms with Gasteiger partial charge in [0.25, 0.3) is 0 Å². The number of aromatic nitrogens is 2. The van der Waals surface area contributed by atoms with E-state index in [9.17, 15) is 8.42 Å². The van der Waals surface area contributed by atoms with Crippen molar-refractivity contribution in [3.8, 4) is 0 Å². The molecule has 0 aliphatic heterocycles. The molecular weight excluding hydrogens is 235 g/mol. The molecule has 0 bridgehead atoms. The predicted molar refractivity (Wildman–Crippen MR) is 50.6 cm³/mol. The van der Waals surface area contributed by atoms with Gasteiger partial charge in [0.1, 0.15) is 21.9 Å². The maximum atomic E-state index is 10.9. The van der Waals surface area contributed by atoms with Crippen LogP contribution in [0.2, 0.25) is 10.3 Å². The molecule has 1 aromatic rings. The molecule has 1 rings (SSSR count). The summed E-state index contributed by atoms with van der Waals surface area (Å²) in [5.41, 5.74) is 0. The maximum absolute atomic E-state index is 10.9. The van der Waals surface area contributed by atoms with Gasteiger partial charge in [-0.1, -0.05) is 23.2 Å². The van der Waals surface area contributed by atoms with E-state index in [4.69, 9.17) is 23.2 Å². The van der Waals surface area contributed by atoms with Crippen LogP contribution in [-0.4, -0.2) is 24.6 Å². The van der Waals surface area contributed by atoms with E-state index < -0.39 is 9.84 Å². The Balaban J connectivity index is 3.03. The molecule has 0 fully saturated rings. The van der Waals surface area contributed by atoms with Crippen molar-refractivity contribution in [1.29, 1.82) is 0 Å². The molecule has 0 amide bonds. The number of sulfone groups is 1. The van der Waals surface area contributed by atoms with Crippen molar-refractivity contribution in [2.75, 3.05) is 6.26 Å². The molecule has 0 unspecified atom stereocenters. The van der Waals surface area contributed by atoms with E-state index >= 15 is 0 Å². The van der Waals surface area contributed by atoms with E-state index in [0.29, 0.717) is 0 Å². The molecule has 0 radical (unpaired) electrons. The first-order chi connectivity index (χ1) is 5.87. The lowest BCUT2D eigenvalue weighted by molar-refractivity contribution is 0.599. The molecule has 0 aliphatic rings.